The number of rotatable bonds is 4. The molecule has 1 aromatic carbocycles. The SMILES string of the molecule is CC(C)(C)OC(=O)N[C@@H]1CC[C@H](CNC(=O)Nc2ccc(F)cc2F)C1. The maximum Gasteiger partial charge on any atom is 0.407 e. The van der Waals surface area contributed by atoms with Gasteiger partial charge in [-0.05, 0) is 58.1 Å². The molecule has 1 aromatic rings. The third-order valence-corrected chi connectivity index (χ3v) is 3.99. The molecule has 144 valence electrons. The Balaban J connectivity index is 1.72. The van der Waals surface area contributed by atoms with Crippen molar-refractivity contribution in [2.45, 2.75) is 51.7 Å². The number of carbonyl (C=O) groups excluding carboxylic acids is 2. The second-order valence-corrected chi connectivity index (χ2v) is 7.48. The van der Waals surface area contributed by atoms with Crippen molar-refractivity contribution in [1.82, 2.24) is 10.6 Å². The molecular formula is C18H25F2N3O3. The van der Waals surface area contributed by atoms with Gasteiger partial charge in [-0.25, -0.2) is 18.4 Å². The predicted octanol–water partition coefficient (Wildman–Crippen LogP) is 3.78. The lowest BCUT2D eigenvalue weighted by Crippen LogP contribution is -2.38. The van der Waals surface area contributed by atoms with Gasteiger partial charge >= 0.3 is 12.1 Å². The van der Waals surface area contributed by atoms with Crippen molar-refractivity contribution in [1.29, 1.82) is 0 Å². The van der Waals surface area contributed by atoms with Crippen LogP contribution in [0.2, 0.25) is 0 Å². The summed E-state index contributed by atoms with van der Waals surface area (Å²) in [5.41, 5.74) is -0.628. The fourth-order valence-corrected chi connectivity index (χ4v) is 2.86. The Morgan fingerprint density at radius 1 is 1.23 bits per heavy atom. The third kappa shape index (κ3) is 6.50. The van der Waals surface area contributed by atoms with Crippen LogP contribution in [0, 0.1) is 17.6 Å². The minimum Gasteiger partial charge on any atom is -0.444 e. The highest BCUT2D eigenvalue weighted by Crippen LogP contribution is 2.25. The van der Waals surface area contributed by atoms with Crippen LogP contribution in [-0.4, -0.2) is 30.3 Å². The van der Waals surface area contributed by atoms with Gasteiger partial charge in [0.05, 0.1) is 5.69 Å². The number of amides is 3. The number of alkyl carbamates (subject to hydrolysis) is 1. The van der Waals surface area contributed by atoms with Crippen LogP contribution in [0.3, 0.4) is 0 Å². The smallest absolute Gasteiger partial charge is 0.407 e. The molecule has 2 atom stereocenters. The maximum absolute atomic E-state index is 13.5. The number of halogens is 2. The molecule has 0 spiro atoms. The van der Waals surface area contributed by atoms with Crippen LogP contribution in [0.25, 0.3) is 0 Å². The Morgan fingerprint density at radius 2 is 1.96 bits per heavy atom. The highest BCUT2D eigenvalue weighted by molar-refractivity contribution is 5.89. The van der Waals surface area contributed by atoms with Crippen LogP contribution in [-0.2, 0) is 4.74 Å². The van der Waals surface area contributed by atoms with E-state index < -0.39 is 29.4 Å². The number of anilines is 1. The Labute approximate surface area is 151 Å². The standard InChI is InChI=1S/C18H25F2N3O3/c1-18(2,3)26-17(25)22-13-6-4-11(8-13)10-21-16(24)23-15-7-5-12(19)9-14(15)20/h5,7,9,11,13H,4,6,8,10H2,1-3H3,(H,22,25)(H2,21,23,24)/t11-,13+/m0/s1. The van der Waals surface area contributed by atoms with Crippen LogP contribution in [0.4, 0.5) is 24.1 Å². The van der Waals surface area contributed by atoms with E-state index in [-0.39, 0.29) is 17.6 Å². The van der Waals surface area contributed by atoms with E-state index in [1.165, 1.54) is 6.07 Å². The summed E-state index contributed by atoms with van der Waals surface area (Å²) in [6.07, 6.45) is 1.94. The molecule has 1 fully saturated rings. The lowest BCUT2D eigenvalue weighted by molar-refractivity contribution is 0.0504. The zero-order valence-electron chi connectivity index (χ0n) is 15.2. The Hall–Kier alpha value is -2.38. The first-order valence-electron chi connectivity index (χ1n) is 8.62. The molecule has 0 radical (unpaired) electrons. The van der Waals surface area contributed by atoms with Crippen LogP contribution >= 0.6 is 0 Å². The van der Waals surface area contributed by atoms with Crippen molar-refractivity contribution in [2.75, 3.05) is 11.9 Å². The highest BCUT2D eigenvalue weighted by Gasteiger charge is 2.27. The fraction of sp³-hybridized carbons (Fsp3) is 0.556. The van der Waals surface area contributed by atoms with Gasteiger partial charge in [0.15, 0.2) is 0 Å². The minimum absolute atomic E-state index is 0.00857. The van der Waals surface area contributed by atoms with Crippen LogP contribution in [0.15, 0.2) is 18.2 Å². The molecule has 1 saturated carbocycles. The highest BCUT2D eigenvalue weighted by atomic mass is 19.1. The number of benzene rings is 1. The molecule has 3 amide bonds. The summed E-state index contributed by atoms with van der Waals surface area (Å²) >= 11 is 0. The molecule has 8 heteroatoms. The summed E-state index contributed by atoms with van der Waals surface area (Å²) in [5.74, 6) is -1.33. The summed E-state index contributed by atoms with van der Waals surface area (Å²) < 4.78 is 31.6. The number of hydrogen-bond acceptors (Lipinski definition) is 3. The molecule has 26 heavy (non-hydrogen) atoms. The summed E-state index contributed by atoms with van der Waals surface area (Å²) in [6.45, 7) is 5.81. The number of carbonyl (C=O) groups is 2. The van der Waals surface area contributed by atoms with Gasteiger partial charge < -0.3 is 20.7 Å². The van der Waals surface area contributed by atoms with E-state index in [1.807, 2.05) is 0 Å². The average molecular weight is 369 g/mol. The number of hydrogen-bond donors (Lipinski definition) is 3. The molecule has 0 bridgehead atoms. The van der Waals surface area contributed by atoms with Crippen LogP contribution < -0.4 is 16.0 Å². The van der Waals surface area contributed by atoms with Crippen molar-refractivity contribution in [3.8, 4) is 0 Å². The van der Waals surface area contributed by atoms with Gasteiger partial charge in [-0.2, -0.15) is 0 Å². The lowest BCUT2D eigenvalue weighted by atomic mass is 10.1. The zero-order chi connectivity index (χ0) is 19.3. The first kappa shape index (κ1) is 19.9. The summed E-state index contributed by atoms with van der Waals surface area (Å²) in [7, 11) is 0. The van der Waals surface area contributed by atoms with Gasteiger partial charge in [0.2, 0.25) is 0 Å². The van der Waals surface area contributed by atoms with Crippen LogP contribution in [0.5, 0.6) is 0 Å². The maximum atomic E-state index is 13.5. The summed E-state index contributed by atoms with van der Waals surface area (Å²) in [6, 6.07) is 2.40. The van der Waals surface area contributed by atoms with Crippen molar-refractivity contribution in [2.24, 2.45) is 5.92 Å². The first-order chi connectivity index (χ1) is 12.1. The summed E-state index contributed by atoms with van der Waals surface area (Å²) in [4.78, 5) is 23.6. The molecule has 2 rings (SSSR count). The van der Waals surface area contributed by atoms with E-state index in [2.05, 4.69) is 16.0 Å². The van der Waals surface area contributed by atoms with E-state index in [1.54, 1.807) is 20.8 Å². The number of nitrogens with one attached hydrogen (secondary N) is 3. The van der Waals surface area contributed by atoms with Crippen molar-refractivity contribution in [3.63, 3.8) is 0 Å². The number of urea groups is 1. The quantitative estimate of drug-likeness (QED) is 0.756. The van der Waals surface area contributed by atoms with E-state index in [4.69, 9.17) is 4.74 Å². The largest absolute Gasteiger partial charge is 0.444 e. The van der Waals surface area contributed by atoms with E-state index in [0.29, 0.717) is 12.6 Å². The topological polar surface area (TPSA) is 79.5 Å². The normalized spacial score (nSPS) is 19.7. The minimum atomic E-state index is -0.831. The second-order valence-electron chi connectivity index (χ2n) is 7.48. The lowest BCUT2D eigenvalue weighted by Gasteiger charge is -2.21. The Kier molecular flexibility index (Phi) is 6.39. The third-order valence-electron chi connectivity index (χ3n) is 3.99. The molecule has 3 N–H and O–H groups in total. The van der Waals surface area contributed by atoms with E-state index >= 15 is 0 Å². The van der Waals surface area contributed by atoms with E-state index in [9.17, 15) is 18.4 Å². The molecule has 1 aliphatic rings. The van der Waals surface area contributed by atoms with Gasteiger partial charge in [0, 0.05) is 18.7 Å². The fourth-order valence-electron chi connectivity index (χ4n) is 2.86. The molecule has 0 unspecified atom stereocenters. The average Bonchev–Trinajstić information content (AvgIpc) is 2.93. The monoisotopic (exact) mass is 369 g/mol. The Bertz CT molecular complexity index is 662. The number of ether oxygens (including phenoxy) is 1. The molecular weight excluding hydrogens is 344 g/mol. The molecule has 0 aromatic heterocycles. The van der Waals surface area contributed by atoms with Gasteiger partial charge in [0.1, 0.15) is 17.2 Å². The van der Waals surface area contributed by atoms with Gasteiger partial charge in [-0.15, -0.1) is 0 Å². The molecule has 0 saturated heterocycles. The molecule has 1 aliphatic carbocycles. The summed E-state index contributed by atoms with van der Waals surface area (Å²) in [5, 5.41) is 7.85. The van der Waals surface area contributed by atoms with Crippen molar-refractivity contribution in [3.05, 3.63) is 29.8 Å². The Morgan fingerprint density at radius 3 is 2.62 bits per heavy atom. The van der Waals surface area contributed by atoms with Gasteiger partial charge in [0.25, 0.3) is 0 Å². The second kappa shape index (κ2) is 8.33. The molecule has 0 aliphatic heterocycles. The molecule has 0 heterocycles. The van der Waals surface area contributed by atoms with Crippen molar-refractivity contribution < 1.29 is 23.1 Å². The zero-order valence-corrected chi connectivity index (χ0v) is 15.2. The van der Waals surface area contributed by atoms with Gasteiger partial charge in [-0.3, -0.25) is 0 Å². The van der Waals surface area contributed by atoms with Crippen molar-refractivity contribution >= 4 is 17.8 Å². The van der Waals surface area contributed by atoms with Gasteiger partial charge in [-0.1, -0.05) is 0 Å². The van der Waals surface area contributed by atoms with E-state index in [0.717, 1.165) is 25.3 Å². The van der Waals surface area contributed by atoms with Crippen LogP contribution in [0.1, 0.15) is 40.0 Å². The molecule has 6 nitrogen and oxygen atoms in total. The predicted molar refractivity (Wildman–Crippen MR) is 93.9 cm³/mol. The first-order valence-corrected chi connectivity index (χ1v) is 8.62.